The Morgan fingerprint density at radius 1 is 1.08 bits per heavy atom. The average molecular weight is 175 g/mol. The molecule has 1 aromatic carbocycles. The first-order valence-corrected chi connectivity index (χ1v) is 4.96. The van der Waals surface area contributed by atoms with Crippen LogP contribution in [0.4, 0.5) is 0 Å². The number of hydrogen-bond acceptors (Lipinski definition) is 0. The second kappa shape index (κ2) is 4.45. The van der Waals surface area contributed by atoms with Gasteiger partial charge in [-0.25, -0.2) is 0 Å². The Morgan fingerprint density at radius 3 is 2.23 bits per heavy atom. The minimum Gasteiger partial charge on any atom is -0.0622 e. The maximum Gasteiger partial charge on any atom is -0.0276 e. The first-order valence-electron chi connectivity index (χ1n) is 4.96. The second-order valence-electron chi connectivity index (χ2n) is 4.59. The number of rotatable bonds is 3. The van der Waals surface area contributed by atoms with Gasteiger partial charge in [0.2, 0.25) is 0 Å². The summed E-state index contributed by atoms with van der Waals surface area (Å²) in [5, 5.41) is 0. The maximum absolute atomic E-state index is 2.39. The Labute approximate surface area is 82.0 Å². The Balaban J connectivity index is 2.29. The molecule has 0 saturated carbocycles. The molecule has 0 aliphatic carbocycles. The summed E-state index contributed by atoms with van der Waals surface area (Å²) >= 11 is 0. The fourth-order valence-electron chi connectivity index (χ4n) is 1.32. The lowest BCUT2D eigenvalue weighted by molar-refractivity contribution is 0.473. The summed E-state index contributed by atoms with van der Waals surface area (Å²) < 4.78 is 0. The second-order valence-corrected chi connectivity index (χ2v) is 4.59. The summed E-state index contributed by atoms with van der Waals surface area (Å²) in [7, 11) is 0. The molecular weight excluding hydrogens is 156 g/mol. The standard InChI is InChI=1S/C13H19/c1-13(2,3)11-7-10-12-8-5-4-6-9-12/h4-6,8-9,11H,7,10H2,1-3H3. The van der Waals surface area contributed by atoms with Crippen LogP contribution in [0.5, 0.6) is 0 Å². The first-order chi connectivity index (χ1) is 6.08. The highest BCUT2D eigenvalue weighted by Crippen LogP contribution is 2.20. The molecule has 0 amide bonds. The molecule has 0 aliphatic heterocycles. The topological polar surface area (TPSA) is 0 Å². The van der Waals surface area contributed by atoms with Crippen LogP contribution in [0.1, 0.15) is 32.8 Å². The van der Waals surface area contributed by atoms with Crippen molar-refractivity contribution in [2.75, 3.05) is 0 Å². The predicted octanol–water partition coefficient (Wildman–Crippen LogP) is 3.87. The molecule has 0 bridgehead atoms. The van der Waals surface area contributed by atoms with Gasteiger partial charge in [0.05, 0.1) is 0 Å². The van der Waals surface area contributed by atoms with Gasteiger partial charge in [-0.2, -0.15) is 0 Å². The van der Waals surface area contributed by atoms with Crippen LogP contribution in [0, 0.1) is 11.8 Å². The average Bonchev–Trinajstić information content (AvgIpc) is 2.04. The van der Waals surface area contributed by atoms with Gasteiger partial charge in [-0.3, -0.25) is 0 Å². The van der Waals surface area contributed by atoms with Crippen LogP contribution in [-0.4, -0.2) is 0 Å². The summed E-state index contributed by atoms with van der Waals surface area (Å²) in [6.07, 6.45) is 4.73. The van der Waals surface area contributed by atoms with Crippen LogP contribution in [-0.2, 0) is 6.42 Å². The highest BCUT2D eigenvalue weighted by Gasteiger charge is 2.09. The van der Waals surface area contributed by atoms with Gasteiger partial charge in [0.15, 0.2) is 0 Å². The van der Waals surface area contributed by atoms with E-state index in [0.29, 0.717) is 5.41 Å². The first kappa shape index (κ1) is 10.3. The molecule has 0 aromatic heterocycles. The molecule has 0 N–H and O–H groups in total. The SMILES string of the molecule is CC(C)(C)[CH]CCc1ccccc1. The fourth-order valence-corrected chi connectivity index (χ4v) is 1.32. The van der Waals surface area contributed by atoms with Gasteiger partial charge in [0, 0.05) is 0 Å². The van der Waals surface area contributed by atoms with Crippen molar-refractivity contribution in [1.82, 2.24) is 0 Å². The van der Waals surface area contributed by atoms with Crippen molar-refractivity contribution in [1.29, 1.82) is 0 Å². The zero-order valence-corrected chi connectivity index (χ0v) is 8.88. The number of aryl methyl sites for hydroxylation is 1. The minimum absolute atomic E-state index is 0.356. The normalized spacial score (nSPS) is 11.6. The zero-order valence-electron chi connectivity index (χ0n) is 8.88. The molecule has 0 unspecified atom stereocenters. The molecular formula is C13H19. The van der Waals surface area contributed by atoms with E-state index in [2.05, 4.69) is 57.5 Å². The number of benzene rings is 1. The molecule has 0 aliphatic rings. The maximum atomic E-state index is 2.39. The summed E-state index contributed by atoms with van der Waals surface area (Å²) in [5.41, 5.74) is 1.79. The molecule has 0 saturated heterocycles. The van der Waals surface area contributed by atoms with E-state index < -0.39 is 0 Å². The molecule has 0 spiro atoms. The molecule has 13 heavy (non-hydrogen) atoms. The van der Waals surface area contributed by atoms with Crippen molar-refractivity contribution < 1.29 is 0 Å². The van der Waals surface area contributed by atoms with Crippen LogP contribution in [0.3, 0.4) is 0 Å². The van der Waals surface area contributed by atoms with Gasteiger partial charge in [-0.15, -0.1) is 0 Å². The van der Waals surface area contributed by atoms with Gasteiger partial charge in [0.25, 0.3) is 0 Å². The van der Waals surface area contributed by atoms with E-state index in [1.165, 1.54) is 12.0 Å². The predicted molar refractivity (Wildman–Crippen MR) is 58.5 cm³/mol. The molecule has 0 atom stereocenters. The van der Waals surface area contributed by atoms with Gasteiger partial charge in [0.1, 0.15) is 0 Å². The molecule has 71 valence electrons. The lowest BCUT2D eigenvalue weighted by atomic mass is 9.89. The van der Waals surface area contributed by atoms with Crippen LogP contribution in [0.25, 0.3) is 0 Å². The van der Waals surface area contributed by atoms with Gasteiger partial charge in [-0.1, -0.05) is 51.1 Å². The monoisotopic (exact) mass is 175 g/mol. The molecule has 0 nitrogen and oxygen atoms in total. The van der Waals surface area contributed by atoms with Crippen molar-refractivity contribution in [2.45, 2.75) is 33.6 Å². The fraction of sp³-hybridized carbons (Fsp3) is 0.462. The Kier molecular flexibility index (Phi) is 3.53. The summed E-state index contributed by atoms with van der Waals surface area (Å²) in [4.78, 5) is 0. The van der Waals surface area contributed by atoms with Crippen molar-refractivity contribution in [2.24, 2.45) is 5.41 Å². The summed E-state index contributed by atoms with van der Waals surface area (Å²) in [5.74, 6) is 0. The van der Waals surface area contributed by atoms with E-state index in [1.54, 1.807) is 0 Å². The Hall–Kier alpha value is -0.780. The van der Waals surface area contributed by atoms with E-state index in [4.69, 9.17) is 0 Å². The van der Waals surface area contributed by atoms with Crippen LogP contribution >= 0.6 is 0 Å². The van der Waals surface area contributed by atoms with Crippen molar-refractivity contribution in [3.8, 4) is 0 Å². The van der Waals surface area contributed by atoms with Crippen molar-refractivity contribution in [3.05, 3.63) is 42.3 Å². The van der Waals surface area contributed by atoms with E-state index >= 15 is 0 Å². The van der Waals surface area contributed by atoms with E-state index in [9.17, 15) is 0 Å². The lowest BCUT2D eigenvalue weighted by Crippen LogP contribution is -2.05. The Morgan fingerprint density at radius 2 is 1.69 bits per heavy atom. The van der Waals surface area contributed by atoms with Gasteiger partial charge in [-0.05, 0) is 30.2 Å². The van der Waals surface area contributed by atoms with Crippen LogP contribution in [0.2, 0.25) is 0 Å². The van der Waals surface area contributed by atoms with E-state index in [1.807, 2.05) is 0 Å². The van der Waals surface area contributed by atoms with Crippen molar-refractivity contribution >= 4 is 0 Å². The van der Waals surface area contributed by atoms with Gasteiger partial charge < -0.3 is 0 Å². The van der Waals surface area contributed by atoms with Crippen LogP contribution in [0.15, 0.2) is 30.3 Å². The largest absolute Gasteiger partial charge is 0.0622 e. The highest BCUT2D eigenvalue weighted by atomic mass is 14.1. The van der Waals surface area contributed by atoms with E-state index in [0.717, 1.165) is 6.42 Å². The lowest BCUT2D eigenvalue weighted by Gasteiger charge is -2.16. The molecule has 0 fully saturated rings. The highest BCUT2D eigenvalue weighted by molar-refractivity contribution is 5.15. The van der Waals surface area contributed by atoms with Crippen LogP contribution < -0.4 is 0 Å². The van der Waals surface area contributed by atoms with E-state index in [-0.39, 0.29) is 0 Å². The molecule has 0 heteroatoms. The molecule has 1 aromatic rings. The van der Waals surface area contributed by atoms with Crippen molar-refractivity contribution in [3.63, 3.8) is 0 Å². The third-order valence-electron chi connectivity index (χ3n) is 2.03. The Bertz CT molecular complexity index is 228. The third kappa shape index (κ3) is 4.72. The third-order valence-corrected chi connectivity index (χ3v) is 2.03. The van der Waals surface area contributed by atoms with Gasteiger partial charge >= 0.3 is 0 Å². The summed E-state index contributed by atoms with van der Waals surface area (Å²) in [6, 6.07) is 10.7. The summed E-state index contributed by atoms with van der Waals surface area (Å²) in [6.45, 7) is 6.74. The molecule has 1 rings (SSSR count). The minimum atomic E-state index is 0.356. The number of hydrogen-bond donors (Lipinski definition) is 0. The quantitative estimate of drug-likeness (QED) is 0.654. The molecule has 1 radical (unpaired) electrons. The molecule has 0 heterocycles. The zero-order chi connectivity index (χ0) is 9.73. The smallest absolute Gasteiger partial charge is 0.0276 e.